The minimum absolute atomic E-state index is 1.04. The molecule has 1 aromatic rings. The molecule has 0 nitrogen and oxygen atoms in total. The molecule has 0 heteroatoms. The minimum Gasteiger partial charge on any atom is -0.0982 e. The summed E-state index contributed by atoms with van der Waals surface area (Å²) in [7, 11) is 0. The third kappa shape index (κ3) is 4.45. The first-order valence-electron chi connectivity index (χ1n) is 7.34. The Bertz CT molecular complexity index is 506. The van der Waals surface area contributed by atoms with Gasteiger partial charge in [-0.25, -0.2) is 0 Å². The van der Waals surface area contributed by atoms with Gasteiger partial charge >= 0.3 is 0 Å². The van der Waals surface area contributed by atoms with Gasteiger partial charge < -0.3 is 0 Å². The van der Waals surface area contributed by atoms with Gasteiger partial charge in [0.15, 0.2) is 0 Å². The molecule has 0 saturated heterocycles. The number of rotatable bonds is 4. The van der Waals surface area contributed by atoms with Crippen molar-refractivity contribution in [3.63, 3.8) is 0 Å². The summed E-state index contributed by atoms with van der Waals surface area (Å²) in [5.41, 5.74) is 4.07. The van der Waals surface area contributed by atoms with Crippen LogP contribution in [0.3, 0.4) is 0 Å². The van der Waals surface area contributed by atoms with Crippen LogP contribution in [0.2, 0.25) is 0 Å². The van der Waals surface area contributed by atoms with Crippen LogP contribution in [0.5, 0.6) is 0 Å². The highest BCUT2D eigenvalue weighted by atomic mass is 14.1. The third-order valence-electron chi connectivity index (χ3n) is 3.43. The minimum atomic E-state index is 1.04. The van der Waals surface area contributed by atoms with Gasteiger partial charge in [0.2, 0.25) is 0 Å². The molecule has 0 unspecified atom stereocenters. The van der Waals surface area contributed by atoms with E-state index >= 15 is 0 Å². The van der Waals surface area contributed by atoms with Gasteiger partial charge in [-0.3, -0.25) is 0 Å². The Balaban J connectivity index is 2.04. The molecule has 2 rings (SSSR count). The molecule has 0 heterocycles. The lowest BCUT2D eigenvalue weighted by Crippen LogP contribution is -1.78. The Morgan fingerprint density at radius 2 is 1.95 bits per heavy atom. The fourth-order valence-corrected chi connectivity index (χ4v) is 2.29. The number of allylic oxidation sites excluding steroid dienone is 3. The maximum atomic E-state index is 3.38. The van der Waals surface area contributed by atoms with Crippen molar-refractivity contribution in [1.82, 2.24) is 0 Å². The quantitative estimate of drug-likeness (QED) is 0.497. The van der Waals surface area contributed by atoms with Gasteiger partial charge in [0, 0.05) is 12.0 Å². The van der Waals surface area contributed by atoms with Crippen LogP contribution in [0.1, 0.15) is 51.0 Å². The zero-order valence-electron chi connectivity index (χ0n) is 11.8. The number of hydrogen-bond donors (Lipinski definition) is 0. The van der Waals surface area contributed by atoms with Crippen LogP contribution in [0, 0.1) is 11.8 Å². The lowest BCUT2D eigenvalue weighted by atomic mass is 10.1. The summed E-state index contributed by atoms with van der Waals surface area (Å²) < 4.78 is 0. The predicted octanol–water partition coefficient (Wildman–Crippen LogP) is 5.37. The van der Waals surface area contributed by atoms with E-state index in [2.05, 4.69) is 61.2 Å². The molecule has 0 aliphatic heterocycles. The Kier molecular flexibility index (Phi) is 5.50. The standard InChI is InChI=1S/C19H22/c1-2-3-4-8-12-18-13-9-14-19(18)16-15-17-10-6-5-7-11-17/h5-7,10-11,15-16H,2-4,9,13-14H2,1H3/b16-15+. The SMILES string of the molecule is CCCCC#CC1=C(/C=C/c2ccccc2)CCC1. The highest BCUT2D eigenvalue weighted by Crippen LogP contribution is 2.27. The van der Waals surface area contributed by atoms with Gasteiger partial charge in [0.25, 0.3) is 0 Å². The third-order valence-corrected chi connectivity index (χ3v) is 3.43. The van der Waals surface area contributed by atoms with E-state index in [1.807, 2.05) is 0 Å². The normalized spacial score (nSPS) is 14.8. The van der Waals surface area contributed by atoms with Crippen molar-refractivity contribution in [1.29, 1.82) is 0 Å². The van der Waals surface area contributed by atoms with Gasteiger partial charge in [-0.1, -0.05) is 67.7 Å². The van der Waals surface area contributed by atoms with E-state index in [9.17, 15) is 0 Å². The second-order valence-corrected chi connectivity index (χ2v) is 5.01. The van der Waals surface area contributed by atoms with E-state index < -0.39 is 0 Å². The van der Waals surface area contributed by atoms with Crippen LogP contribution in [-0.4, -0.2) is 0 Å². The lowest BCUT2D eigenvalue weighted by molar-refractivity contribution is 0.828. The average molecular weight is 250 g/mol. The van der Waals surface area contributed by atoms with E-state index in [0.29, 0.717) is 0 Å². The Labute approximate surface area is 117 Å². The topological polar surface area (TPSA) is 0 Å². The van der Waals surface area contributed by atoms with Crippen LogP contribution in [0.15, 0.2) is 47.6 Å². The van der Waals surface area contributed by atoms with Crippen LogP contribution >= 0.6 is 0 Å². The van der Waals surface area contributed by atoms with Crippen molar-refractivity contribution in [2.45, 2.75) is 45.4 Å². The number of hydrogen-bond acceptors (Lipinski definition) is 0. The fraction of sp³-hybridized carbons (Fsp3) is 0.368. The van der Waals surface area contributed by atoms with E-state index in [1.54, 1.807) is 0 Å². The largest absolute Gasteiger partial charge is 0.0982 e. The molecular formula is C19H22. The molecule has 0 saturated carbocycles. The predicted molar refractivity (Wildman–Crippen MR) is 83.7 cm³/mol. The maximum Gasteiger partial charge on any atom is 0.00922 e. The zero-order chi connectivity index (χ0) is 13.3. The van der Waals surface area contributed by atoms with Crippen molar-refractivity contribution in [3.8, 4) is 11.8 Å². The highest BCUT2D eigenvalue weighted by Gasteiger charge is 2.09. The van der Waals surface area contributed by atoms with Crippen molar-refractivity contribution < 1.29 is 0 Å². The van der Waals surface area contributed by atoms with Crippen LogP contribution in [0.4, 0.5) is 0 Å². The van der Waals surface area contributed by atoms with Gasteiger partial charge in [-0.2, -0.15) is 0 Å². The molecule has 0 aromatic heterocycles. The molecule has 19 heavy (non-hydrogen) atoms. The second kappa shape index (κ2) is 7.64. The molecule has 1 aromatic carbocycles. The summed E-state index contributed by atoms with van der Waals surface area (Å²) in [5.74, 6) is 6.70. The van der Waals surface area contributed by atoms with Gasteiger partial charge in [-0.15, -0.1) is 0 Å². The lowest BCUT2D eigenvalue weighted by Gasteiger charge is -1.96. The average Bonchev–Trinajstić information content (AvgIpc) is 2.90. The van der Waals surface area contributed by atoms with Crippen LogP contribution in [-0.2, 0) is 0 Å². The summed E-state index contributed by atoms with van der Waals surface area (Å²) in [6.45, 7) is 2.21. The first-order valence-corrected chi connectivity index (χ1v) is 7.34. The van der Waals surface area contributed by atoms with Crippen LogP contribution in [0.25, 0.3) is 6.08 Å². The van der Waals surface area contributed by atoms with E-state index in [-0.39, 0.29) is 0 Å². The first-order chi connectivity index (χ1) is 9.40. The smallest absolute Gasteiger partial charge is 0.00922 e. The second-order valence-electron chi connectivity index (χ2n) is 5.01. The molecule has 0 atom stereocenters. The zero-order valence-corrected chi connectivity index (χ0v) is 11.8. The Hall–Kier alpha value is -1.74. The monoisotopic (exact) mass is 250 g/mol. The molecule has 0 fully saturated rings. The van der Waals surface area contributed by atoms with Gasteiger partial charge in [-0.05, 0) is 36.8 Å². The Morgan fingerprint density at radius 1 is 1.11 bits per heavy atom. The molecular weight excluding hydrogens is 228 g/mol. The van der Waals surface area contributed by atoms with Gasteiger partial charge in [0.1, 0.15) is 0 Å². The Morgan fingerprint density at radius 3 is 2.74 bits per heavy atom. The summed E-state index contributed by atoms with van der Waals surface area (Å²) in [6.07, 6.45) is 11.5. The fourth-order valence-electron chi connectivity index (χ4n) is 2.29. The van der Waals surface area contributed by atoms with Crippen molar-refractivity contribution >= 4 is 6.08 Å². The number of benzene rings is 1. The summed E-state index contributed by atoms with van der Waals surface area (Å²) in [6, 6.07) is 10.5. The molecule has 1 aliphatic rings. The molecule has 0 amide bonds. The molecule has 0 bridgehead atoms. The van der Waals surface area contributed by atoms with E-state index in [0.717, 1.165) is 12.8 Å². The molecule has 0 radical (unpaired) electrons. The van der Waals surface area contributed by atoms with Crippen molar-refractivity contribution in [2.24, 2.45) is 0 Å². The highest BCUT2D eigenvalue weighted by molar-refractivity contribution is 5.55. The molecule has 98 valence electrons. The summed E-state index contributed by atoms with van der Waals surface area (Å²) >= 11 is 0. The molecule has 1 aliphatic carbocycles. The number of unbranched alkanes of at least 4 members (excludes halogenated alkanes) is 2. The van der Waals surface area contributed by atoms with E-state index in [4.69, 9.17) is 0 Å². The molecule has 0 N–H and O–H groups in total. The van der Waals surface area contributed by atoms with E-state index in [1.165, 1.54) is 42.4 Å². The maximum absolute atomic E-state index is 3.38. The molecule has 0 spiro atoms. The van der Waals surface area contributed by atoms with Crippen molar-refractivity contribution in [3.05, 3.63) is 53.1 Å². The first kappa shape index (κ1) is 13.7. The summed E-state index contributed by atoms with van der Waals surface area (Å²) in [4.78, 5) is 0. The summed E-state index contributed by atoms with van der Waals surface area (Å²) in [5, 5.41) is 0. The van der Waals surface area contributed by atoms with Crippen molar-refractivity contribution in [2.75, 3.05) is 0 Å². The van der Waals surface area contributed by atoms with Crippen LogP contribution < -0.4 is 0 Å². The van der Waals surface area contributed by atoms with Gasteiger partial charge in [0.05, 0.1) is 0 Å².